The van der Waals surface area contributed by atoms with Crippen LogP contribution in [-0.4, -0.2) is 13.4 Å². The van der Waals surface area contributed by atoms with Crippen molar-refractivity contribution in [2.24, 2.45) is 0 Å². The zero-order chi connectivity index (χ0) is 15.9. The van der Waals surface area contributed by atoms with Gasteiger partial charge in [0.15, 0.2) is 16.4 Å². The molecule has 0 spiro atoms. The van der Waals surface area contributed by atoms with Gasteiger partial charge in [-0.15, -0.1) is 0 Å². The summed E-state index contributed by atoms with van der Waals surface area (Å²) in [5.74, 6) is -1.90. The van der Waals surface area contributed by atoms with E-state index in [-0.39, 0.29) is 5.69 Å². The Morgan fingerprint density at radius 2 is 1.82 bits per heavy atom. The lowest BCUT2D eigenvalue weighted by molar-refractivity contribution is 0.521. The number of halogens is 2. The Morgan fingerprint density at radius 3 is 2.50 bits per heavy atom. The maximum absolute atomic E-state index is 13.6. The number of hydrogen-bond acceptors (Lipinski definition) is 4. The van der Waals surface area contributed by atoms with Gasteiger partial charge in [-0.25, -0.2) is 22.2 Å². The standard InChI is InChI=1S/C14H10F2N2O3S/c1-8-17-12-7-9(5-6-13(12)21-8)18-22(19,20)14-10(15)3-2-4-11(14)16/h2-7,18H,1H3. The van der Waals surface area contributed by atoms with E-state index in [4.69, 9.17) is 4.42 Å². The molecule has 0 aliphatic heterocycles. The van der Waals surface area contributed by atoms with E-state index in [1.54, 1.807) is 6.92 Å². The van der Waals surface area contributed by atoms with E-state index in [1.165, 1.54) is 18.2 Å². The molecule has 0 unspecified atom stereocenters. The third-order valence-corrected chi connectivity index (χ3v) is 4.37. The normalized spacial score (nSPS) is 11.8. The number of hydrogen-bond donors (Lipinski definition) is 1. The molecule has 2 aromatic carbocycles. The molecule has 0 aliphatic rings. The summed E-state index contributed by atoms with van der Waals surface area (Å²) in [6.45, 7) is 1.65. The molecule has 0 saturated carbocycles. The summed E-state index contributed by atoms with van der Waals surface area (Å²) in [6, 6.07) is 7.20. The maximum atomic E-state index is 13.6. The summed E-state index contributed by atoms with van der Waals surface area (Å²) < 4.78 is 58.9. The van der Waals surface area contributed by atoms with Crippen molar-refractivity contribution in [2.45, 2.75) is 11.8 Å². The van der Waals surface area contributed by atoms with Crippen LogP contribution in [0.15, 0.2) is 45.7 Å². The minimum absolute atomic E-state index is 0.128. The van der Waals surface area contributed by atoms with Gasteiger partial charge < -0.3 is 4.42 Å². The molecule has 114 valence electrons. The van der Waals surface area contributed by atoms with Gasteiger partial charge in [0.2, 0.25) is 0 Å². The maximum Gasteiger partial charge on any atom is 0.267 e. The van der Waals surface area contributed by atoms with E-state index in [0.717, 1.165) is 18.2 Å². The zero-order valence-corrected chi connectivity index (χ0v) is 12.1. The number of sulfonamides is 1. The molecular weight excluding hydrogens is 314 g/mol. The molecule has 3 rings (SSSR count). The Morgan fingerprint density at radius 1 is 1.14 bits per heavy atom. The zero-order valence-electron chi connectivity index (χ0n) is 11.3. The van der Waals surface area contributed by atoms with E-state index in [9.17, 15) is 17.2 Å². The van der Waals surface area contributed by atoms with Gasteiger partial charge in [-0.1, -0.05) is 6.07 Å². The van der Waals surface area contributed by atoms with Gasteiger partial charge in [0, 0.05) is 6.92 Å². The fraction of sp³-hybridized carbons (Fsp3) is 0.0714. The van der Waals surface area contributed by atoms with Gasteiger partial charge in [-0.05, 0) is 30.3 Å². The van der Waals surface area contributed by atoms with Crippen LogP contribution in [0.1, 0.15) is 5.89 Å². The number of oxazole rings is 1. The first-order chi connectivity index (χ1) is 10.4. The number of nitrogens with one attached hydrogen (secondary N) is 1. The van der Waals surface area contributed by atoms with Crippen LogP contribution in [-0.2, 0) is 10.0 Å². The number of nitrogens with zero attached hydrogens (tertiary/aromatic N) is 1. The Kier molecular flexibility index (Phi) is 3.32. The van der Waals surface area contributed by atoms with E-state index >= 15 is 0 Å². The summed E-state index contributed by atoms with van der Waals surface area (Å²) >= 11 is 0. The first kappa shape index (κ1) is 14.5. The monoisotopic (exact) mass is 324 g/mol. The smallest absolute Gasteiger partial charge is 0.267 e. The van der Waals surface area contributed by atoms with Crippen LogP contribution < -0.4 is 4.72 Å². The molecule has 1 aromatic heterocycles. The van der Waals surface area contributed by atoms with Crippen molar-refractivity contribution in [2.75, 3.05) is 4.72 Å². The van der Waals surface area contributed by atoms with Crippen LogP contribution >= 0.6 is 0 Å². The lowest BCUT2D eigenvalue weighted by Crippen LogP contribution is -2.16. The average Bonchev–Trinajstić information content (AvgIpc) is 2.77. The largest absolute Gasteiger partial charge is 0.441 e. The van der Waals surface area contributed by atoms with Gasteiger partial charge in [0.1, 0.15) is 17.2 Å². The predicted octanol–water partition coefficient (Wildman–Crippen LogP) is 3.22. The average molecular weight is 324 g/mol. The van der Waals surface area contributed by atoms with Crippen LogP contribution in [0.5, 0.6) is 0 Å². The Balaban J connectivity index is 2.02. The van der Waals surface area contributed by atoms with Crippen LogP contribution in [0.3, 0.4) is 0 Å². The fourth-order valence-electron chi connectivity index (χ4n) is 2.05. The third kappa shape index (κ3) is 2.52. The summed E-state index contributed by atoms with van der Waals surface area (Å²) in [5, 5.41) is 0. The first-order valence-electron chi connectivity index (χ1n) is 6.21. The molecule has 5 nitrogen and oxygen atoms in total. The van der Waals surface area contributed by atoms with Crippen molar-refractivity contribution in [3.05, 3.63) is 53.9 Å². The molecule has 0 saturated heterocycles. The summed E-state index contributed by atoms with van der Waals surface area (Å²) in [6.07, 6.45) is 0. The van der Waals surface area contributed by atoms with Crippen LogP contribution in [0, 0.1) is 18.6 Å². The Bertz CT molecular complexity index is 947. The quantitative estimate of drug-likeness (QED) is 0.803. The summed E-state index contributed by atoms with van der Waals surface area (Å²) in [5.41, 5.74) is 1.05. The van der Waals surface area contributed by atoms with Crippen molar-refractivity contribution in [1.82, 2.24) is 4.98 Å². The van der Waals surface area contributed by atoms with Gasteiger partial charge >= 0.3 is 0 Å². The Labute approximate surface area is 124 Å². The van der Waals surface area contributed by atoms with Crippen LogP contribution in [0.4, 0.5) is 14.5 Å². The van der Waals surface area contributed by atoms with Crippen molar-refractivity contribution in [3.8, 4) is 0 Å². The van der Waals surface area contributed by atoms with Crippen molar-refractivity contribution in [3.63, 3.8) is 0 Å². The Hall–Kier alpha value is -2.48. The second-order valence-electron chi connectivity index (χ2n) is 4.57. The molecule has 0 fully saturated rings. The molecule has 1 N–H and O–H groups in total. The van der Waals surface area contributed by atoms with E-state index in [0.29, 0.717) is 17.0 Å². The van der Waals surface area contributed by atoms with Crippen molar-refractivity contribution in [1.29, 1.82) is 0 Å². The summed E-state index contributed by atoms with van der Waals surface area (Å²) in [7, 11) is -4.39. The van der Waals surface area contributed by atoms with Crippen LogP contribution in [0.2, 0.25) is 0 Å². The first-order valence-corrected chi connectivity index (χ1v) is 7.69. The van der Waals surface area contributed by atoms with E-state index in [2.05, 4.69) is 9.71 Å². The number of anilines is 1. The lowest BCUT2D eigenvalue weighted by atomic mass is 10.3. The molecule has 1 heterocycles. The molecule has 0 bridgehead atoms. The third-order valence-electron chi connectivity index (χ3n) is 2.93. The highest BCUT2D eigenvalue weighted by Gasteiger charge is 2.24. The molecule has 8 heteroatoms. The van der Waals surface area contributed by atoms with Gasteiger partial charge in [0.05, 0.1) is 5.69 Å². The number of rotatable bonds is 3. The van der Waals surface area contributed by atoms with Gasteiger partial charge in [-0.2, -0.15) is 0 Å². The molecule has 3 aromatic rings. The summed E-state index contributed by atoms with van der Waals surface area (Å²) in [4.78, 5) is 3.04. The number of aryl methyl sites for hydroxylation is 1. The second kappa shape index (κ2) is 5.06. The minimum Gasteiger partial charge on any atom is -0.441 e. The topological polar surface area (TPSA) is 72.2 Å². The molecule has 0 amide bonds. The highest BCUT2D eigenvalue weighted by atomic mass is 32.2. The van der Waals surface area contributed by atoms with Crippen molar-refractivity contribution < 1.29 is 21.6 Å². The minimum atomic E-state index is -4.39. The SMILES string of the molecule is Cc1nc2cc(NS(=O)(=O)c3c(F)cccc3F)ccc2o1. The predicted molar refractivity (Wildman–Crippen MR) is 75.9 cm³/mol. The van der Waals surface area contributed by atoms with Crippen LogP contribution in [0.25, 0.3) is 11.1 Å². The number of fused-ring (bicyclic) bond motifs is 1. The highest BCUT2D eigenvalue weighted by Crippen LogP contribution is 2.24. The molecular formula is C14H10F2N2O3S. The highest BCUT2D eigenvalue weighted by molar-refractivity contribution is 7.92. The van der Waals surface area contributed by atoms with E-state index < -0.39 is 26.6 Å². The molecule has 0 atom stereocenters. The number of aromatic nitrogens is 1. The fourth-order valence-corrected chi connectivity index (χ4v) is 3.24. The number of benzene rings is 2. The molecule has 0 aliphatic carbocycles. The second-order valence-corrected chi connectivity index (χ2v) is 6.19. The van der Waals surface area contributed by atoms with Gasteiger partial charge in [-0.3, -0.25) is 4.72 Å². The van der Waals surface area contributed by atoms with Gasteiger partial charge in [0.25, 0.3) is 10.0 Å². The van der Waals surface area contributed by atoms with Crippen molar-refractivity contribution >= 4 is 26.8 Å². The molecule has 22 heavy (non-hydrogen) atoms. The van der Waals surface area contributed by atoms with E-state index in [1.807, 2.05) is 0 Å². The molecule has 0 radical (unpaired) electrons. The lowest BCUT2D eigenvalue weighted by Gasteiger charge is -2.09.